The molecule has 0 bridgehead atoms. The Kier molecular flexibility index (Phi) is 4.34. The van der Waals surface area contributed by atoms with Crippen molar-refractivity contribution in [2.75, 3.05) is 13.1 Å². The lowest BCUT2D eigenvalue weighted by molar-refractivity contribution is -0.156. The third-order valence-electron chi connectivity index (χ3n) is 3.46. The van der Waals surface area contributed by atoms with Gasteiger partial charge in [-0.3, -0.25) is 4.79 Å². The van der Waals surface area contributed by atoms with Crippen molar-refractivity contribution in [1.82, 2.24) is 10.6 Å². The van der Waals surface area contributed by atoms with Gasteiger partial charge < -0.3 is 20.8 Å². The number of carboxylic acids is 1. The molecule has 0 aromatic rings. The number of nitrogens with one attached hydrogen (secondary N) is 2. The van der Waals surface area contributed by atoms with Crippen molar-refractivity contribution in [2.45, 2.75) is 45.3 Å². The van der Waals surface area contributed by atoms with Gasteiger partial charge in [-0.15, -0.1) is 0 Å². The minimum absolute atomic E-state index is 0.169. The Labute approximate surface area is 107 Å². The molecule has 1 heterocycles. The van der Waals surface area contributed by atoms with Gasteiger partial charge in [0.2, 0.25) is 5.91 Å². The van der Waals surface area contributed by atoms with Gasteiger partial charge in [-0.2, -0.15) is 0 Å². The first-order valence-corrected chi connectivity index (χ1v) is 6.14. The fourth-order valence-corrected chi connectivity index (χ4v) is 2.10. The number of piperidine rings is 1. The summed E-state index contributed by atoms with van der Waals surface area (Å²) < 4.78 is 0. The van der Waals surface area contributed by atoms with E-state index in [-0.39, 0.29) is 23.9 Å². The number of carboxylic acid groups (broad SMARTS) is 1. The lowest BCUT2D eigenvalue weighted by Crippen LogP contribution is -2.58. The van der Waals surface area contributed by atoms with Crippen molar-refractivity contribution in [1.29, 1.82) is 0 Å². The lowest BCUT2D eigenvalue weighted by Gasteiger charge is -2.38. The first-order valence-electron chi connectivity index (χ1n) is 6.14. The summed E-state index contributed by atoms with van der Waals surface area (Å²) in [6.45, 7) is 5.64. The highest BCUT2D eigenvalue weighted by molar-refractivity contribution is 5.84. The molecule has 0 radical (unpaired) electrons. The smallest absolute Gasteiger partial charge is 0.337 e. The van der Waals surface area contributed by atoms with Crippen LogP contribution in [0.2, 0.25) is 0 Å². The van der Waals surface area contributed by atoms with Crippen LogP contribution < -0.4 is 10.6 Å². The molecule has 0 aromatic heterocycles. The van der Waals surface area contributed by atoms with E-state index in [9.17, 15) is 14.7 Å². The summed E-state index contributed by atoms with van der Waals surface area (Å²) in [5.41, 5.74) is -2.11. The van der Waals surface area contributed by atoms with Crippen LogP contribution in [0.4, 0.5) is 0 Å². The van der Waals surface area contributed by atoms with Crippen LogP contribution in [0.1, 0.15) is 33.6 Å². The predicted octanol–water partition coefficient (Wildman–Crippen LogP) is -0.284. The Morgan fingerprint density at radius 3 is 2.61 bits per heavy atom. The highest BCUT2D eigenvalue weighted by Gasteiger charge is 2.38. The minimum atomic E-state index is -1.94. The standard InChI is InChI=1S/C12H22N2O4/c1-11(2)5-4-6-13-8(11)9(15)14-7-12(3,18)10(16)17/h8,13,18H,4-7H2,1-3H3,(H,14,15)(H,16,17). The predicted molar refractivity (Wildman–Crippen MR) is 66.1 cm³/mol. The zero-order valence-electron chi connectivity index (χ0n) is 11.1. The van der Waals surface area contributed by atoms with Gasteiger partial charge in [-0.1, -0.05) is 13.8 Å². The Morgan fingerprint density at radius 2 is 2.11 bits per heavy atom. The molecule has 1 rings (SSSR count). The summed E-state index contributed by atoms with van der Waals surface area (Å²) >= 11 is 0. The molecule has 1 aliphatic rings. The maximum Gasteiger partial charge on any atom is 0.337 e. The topological polar surface area (TPSA) is 98.7 Å². The van der Waals surface area contributed by atoms with E-state index < -0.39 is 11.6 Å². The number of rotatable bonds is 4. The summed E-state index contributed by atoms with van der Waals surface area (Å²) in [4.78, 5) is 22.7. The van der Waals surface area contributed by atoms with Gasteiger partial charge in [0, 0.05) is 0 Å². The van der Waals surface area contributed by atoms with Crippen molar-refractivity contribution in [3.05, 3.63) is 0 Å². The average Bonchev–Trinajstić information content (AvgIpc) is 2.25. The highest BCUT2D eigenvalue weighted by atomic mass is 16.4. The van der Waals surface area contributed by atoms with Crippen LogP contribution in [0.3, 0.4) is 0 Å². The number of hydrogen-bond acceptors (Lipinski definition) is 4. The van der Waals surface area contributed by atoms with Crippen LogP contribution in [-0.2, 0) is 9.59 Å². The molecular weight excluding hydrogens is 236 g/mol. The molecule has 0 aliphatic carbocycles. The fraction of sp³-hybridized carbons (Fsp3) is 0.833. The molecule has 18 heavy (non-hydrogen) atoms. The number of amides is 1. The van der Waals surface area contributed by atoms with Gasteiger partial charge in [0.05, 0.1) is 12.6 Å². The summed E-state index contributed by atoms with van der Waals surface area (Å²) in [7, 11) is 0. The van der Waals surface area contributed by atoms with Crippen LogP contribution >= 0.6 is 0 Å². The molecule has 1 saturated heterocycles. The van der Waals surface area contributed by atoms with E-state index in [1.807, 2.05) is 13.8 Å². The maximum absolute atomic E-state index is 12.0. The number of hydrogen-bond donors (Lipinski definition) is 4. The summed E-state index contributed by atoms with van der Waals surface area (Å²) in [6.07, 6.45) is 1.96. The van der Waals surface area contributed by atoms with E-state index in [4.69, 9.17) is 5.11 Å². The SMILES string of the molecule is CC(O)(CNC(=O)C1NCCCC1(C)C)C(=O)O. The first kappa shape index (κ1) is 14.9. The van der Waals surface area contributed by atoms with Crippen molar-refractivity contribution in [2.24, 2.45) is 5.41 Å². The van der Waals surface area contributed by atoms with E-state index in [1.54, 1.807) is 0 Å². The molecule has 1 amide bonds. The van der Waals surface area contributed by atoms with Gasteiger partial charge in [0.1, 0.15) is 0 Å². The van der Waals surface area contributed by atoms with E-state index in [2.05, 4.69) is 10.6 Å². The average molecular weight is 258 g/mol. The molecule has 104 valence electrons. The monoisotopic (exact) mass is 258 g/mol. The van der Waals surface area contributed by atoms with Crippen molar-refractivity contribution >= 4 is 11.9 Å². The van der Waals surface area contributed by atoms with Crippen LogP contribution in [0, 0.1) is 5.41 Å². The third-order valence-corrected chi connectivity index (χ3v) is 3.46. The molecule has 2 unspecified atom stereocenters. The molecular formula is C12H22N2O4. The number of aliphatic carboxylic acids is 1. The zero-order chi connectivity index (χ0) is 14.0. The molecule has 0 aromatic carbocycles. The van der Waals surface area contributed by atoms with Crippen molar-refractivity contribution < 1.29 is 19.8 Å². The normalized spacial score (nSPS) is 26.1. The molecule has 2 atom stereocenters. The maximum atomic E-state index is 12.0. The summed E-state index contributed by atoms with van der Waals surface area (Å²) in [5, 5.41) is 23.9. The van der Waals surface area contributed by atoms with Crippen LogP contribution in [0.15, 0.2) is 0 Å². The van der Waals surface area contributed by atoms with Gasteiger partial charge in [0.15, 0.2) is 5.60 Å². The van der Waals surface area contributed by atoms with Gasteiger partial charge in [-0.05, 0) is 31.7 Å². The first-order chi connectivity index (χ1) is 8.17. The second kappa shape index (κ2) is 5.24. The van der Waals surface area contributed by atoms with Crippen LogP contribution in [0.25, 0.3) is 0 Å². The number of carbonyl (C=O) groups excluding carboxylic acids is 1. The minimum Gasteiger partial charge on any atom is -0.479 e. The van der Waals surface area contributed by atoms with Crippen LogP contribution in [-0.4, -0.2) is 46.8 Å². The zero-order valence-corrected chi connectivity index (χ0v) is 11.1. The molecule has 6 nitrogen and oxygen atoms in total. The largest absolute Gasteiger partial charge is 0.479 e. The molecule has 1 fully saturated rings. The fourth-order valence-electron chi connectivity index (χ4n) is 2.10. The van der Waals surface area contributed by atoms with Gasteiger partial charge >= 0.3 is 5.97 Å². The number of aliphatic hydroxyl groups is 1. The molecule has 4 N–H and O–H groups in total. The van der Waals surface area contributed by atoms with Crippen molar-refractivity contribution in [3.8, 4) is 0 Å². The molecule has 1 aliphatic heterocycles. The summed E-state index contributed by atoms with van der Waals surface area (Å²) in [6, 6.07) is -0.351. The molecule has 0 saturated carbocycles. The third kappa shape index (κ3) is 3.43. The van der Waals surface area contributed by atoms with Gasteiger partial charge in [-0.25, -0.2) is 4.79 Å². The highest BCUT2D eigenvalue weighted by Crippen LogP contribution is 2.30. The second-order valence-electron chi connectivity index (χ2n) is 5.78. The molecule has 6 heteroatoms. The van der Waals surface area contributed by atoms with E-state index in [0.717, 1.165) is 26.3 Å². The van der Waals surface area contributed by atoms with Crippen LogP contribution in [0.5, 0.6) is 0 Å². The number of carbonyl (C=O) groups is 2. The summed E-state index contributed by atoms with van der Waals surface area (Å²) in [5.74, 6) is -1.61. The molecule has 0 spiro atoms. The van der Waals surface area contributed by atoms with Crippen molar-refractivity contribution in [3.63, 3.8) is 0 Å². The Balaban J connectivity index is 2.58. The Morgan fingerprint density at radius 1 is 1.50 bits per heavy atom. The lowest BCUT2D eigenvalue weighted by atomic mass is 9.77. The quantitative estimate of drug-likeness (QED) is 0.556. The Hall–Kier alpha value is -1.14. The van der Waals surface area contributed by atoms with E-state index in [1.165, 1.54) is 0 Å². The second-order valence-corrected chi connectivity index (χ2v) is 5.78. The van der Waals surface area contributed by atoms with E-state index in [0.29, 0.717) is 0 Å². The Bertz CT molecular complexity index is 339. The van der Waals surface area contributed by atoms with E-state index >= 15 is 0 Å². The van der Waals surface area contributed by atoms with Gasteiger partial charge in [0.25, 0.3) is 0 Å².